The zero-order chi connectivity index (χ0) is 27.6. The first-order chi connectivity index (χ1) is 19.4. The maximum atomic E-state index is 11.4. The summed E-state index contributed by atoms with van der Waals surface area (Å²) < 4.78 is 1.14. The number of carboxylic acid groups (broad SMARTS) is 2. The number of benzene rings is 4. The van der Waals surface area contributed by atoms with E-state index in [0.29, 0.717) is 6.42 Å². The van der Waals surface area contributed by atoms with Gasteiger partial charge in [-0.3, -0.25) is 5.01 Å². The highest BCUT2D eigenvalue weighted by Gasteiger charge is 2.28. The fourth-order valence-electron chi connectivity index (χ4n) is 4.66. The second-order valence-electron chi connectivity index (χ2n) is 9.38. The maximum absolute atomic E-state index is 11.4. The minimum absolute atomic E-state index is 0.120. The third-order valence-corrected chi connectivity index (χ3v) is 7.86. The summed E-state index contributed by atoms with van der Waals surface area (Å²) in [6.07, 6.45) is 4.47. The average molecular weight is 546 g/mol. The molecule has 1 aromatic heterocycles. The van der Waals surface area contributed by atoms with Crippen LogP contribution >= 0.6 is 11.3 Å². The van der Waals surface area contributed by atoms with Gasteiger partial charge in [0.25, 0.3) is 0 Å². The molecule has 0 radical (unpaired) electrons. The fourth-order valence-corrected chi connectivity index (χ4v) is 5.63. The van der Waals surface area contributed by atoms with Crippen LogP contribution in [0, 0.1) is 0 Å². The lowest BCUT2D eigenvalue weighted by molar-refractivity contribution is 0.0686. The Morgan fingerprint density at radius 2 is 1.45 bits per heavy atom. The molecule has 8 heteroatoms. The van der Waals surface area contributed by atoms with Crippen LogP contribution in [0.15, 0.2) is 108 Å². The summed E-state index contributed by atoms with van der Waals surface area (Å²) in [6.45, 7) is 0. The molecule has 0 fully saturated rings. The van der Waals surface area contributed by atoms with E-state index >= 15 is 0 Å². The van der Waals surface area contributed by atoms with E-state index in [-0.39, 0.29) is 17.2 Å². The van der Waals surface area contributed by atoms with E-state index < -0.39 is 11.9 Å². The van der Waals surface area contributed by atoms with Crippen LogP contribution < -0.4 is 5.01 Å². The van der Waals surface area contributed by atoms with E-state index in [9.17, 15) is 14.7 Å². The summed E-state index contributed by atoms with van der Waals surface area (Å²) >= 11 is 1.65. The van der Waals surface area contributed by atoms with Gasteiger partial charge in [-0.15, -0.1) is 11.3 Å². The summed E-state index contributed by atoms with van der Waals surface area (Å²) in [4.78, 5) is 27.3. The quantitative estimate of drug-likeness (QED) is 0.221. The van der Waals surface area contributed by atoms with Gasteiger partial charge >= 0.3 is 11.9 Å². The van der Waals surface area contributed by atoms with E-state index in [1.165, 1.54) is 0 Å². The first-order valence-electron chi connectivity index (χ1n) is 12.6. The van der Waals surface area contributed by atoms with Gasteiger partial charge in [0.2, 0.25) is 0 Å². The van der Waals surface area contributed by atoms with Gasteiger partial charge in [0.05, 0.1) is 38.8 Å². The highest BCUT2D eigenvalue weighted by molar-refractivity contribution is 7.21. The number of anilines is 1. The van der Waals surface area contributed by atoms with Crippen LogP contribution in [0.5, 0.6) is 0 Å². The van der Waals surface area contributed by atoms with Gasteiger partial charge in [-0.2, -0.15) is 5.10 Å². The molecule has 0 saturated carbocycles. The van der Waals surface area contributed by atoms with Gasteiger partial charge in [-0.1, -0.05) is 42.5 Å². The van der Waals surface area contributed by atoms with Crippen molar-refractivity contribution < 1.29 is 19.8 Å². The Morgan fingerprint density at radius 3 is 2.10 bits per heavy atom. The molecule has 40 heavy (non-hydrogen) atoms. The zero-order valence-electron chi connectivity index (χ0n) is 21.1. The Labute approximate surface area is 234 Å². The smallest absolute Gasteiger partial charge is 0.335 e. The number of aromatic carboxylic acids is 2. The first kappa shape index (κ1) is 25.2. The minimum atomic E-state index is -0.964. The van der Waals surface area contributed by atoms with Gasteiger partial charge in [0.1, 0.15) is 5.01 Å². The largest absolute Gasteiger partial charge is 0.478 e. The molecule has 1 atom stereocenters. The number of hydrogen-bond acceptors (Lipinski definition) is 6. The molecule has 5 aromatic rings. The normalized spacial score (nSPS) is 15.1. The molecule has 0 aliphatic carbocycles. The third-order valence-electron chi connectivity index (χ3n) is 6.77. The number of rotatable bonds is 7. The lowest BCUT2D eigenvalue weighted by Gasteiger charge is -2.24. The molecule has 2 N–H and O–H groups in total. The van der Waals surface area contributed by atoms with E-state index in [1.54, 1.807) is 47.7 Å². The van der Waals surface area contributed by atoms with Crippen LogP contribution in [-0.2, 0) is 0 Å². The number of fused-ring (bicyclic) bond motifs is 1. The van der Waals surface area contributed by atoms with Crippen LogP contribution in [0.3, 0.4) is 0 Å². The van der Waals surface area contributed by atoms with Crippen molar-refractivity contribution in [2.45, 2.75) is 12.5 Å². The number of carbonyl (C=O) groups is 2. The summed E-state index contributed by atoms with van der Waals surface area (Å²) in [5, 5.41) is 26.3. The monoisotopic (exact) mass is 545 g/mol. The highest BCUT2D eigenvalue weighted by atomic mass is 32.1. The summed E-state index contributed by atoms with van der Waals surface area (Å²) in [5.41, 5.74) is 6.07. The summed E-state index contributed by atoms with van der Waals surface area (Å²) in [7, 11) is 0. The maximum Gasteiger partial charge on any atom is 0.335 e. The van der Waals surface area contributed by atoms with Crippen LogP contribution in [0.4, 0.5) is 5.69 Å². The predicted molar refractivity (Wildman–Crippen MR) is 158 cm³/mol. The Morgan fingerprint density at radius 1 is 0.800 bits per heavy atom. The lowest BCUT2D eigenvalue weighted by Crippen LogP contribution is -2.18. The number of carboxylic acids is 2. The molecule has 7 nitrogen and oxygen atoms in total. The van der Waals surface area contributed by atoms with Crippen LogP contribution in [-0.4, -0.2) is 32.8 Å². The van der Waals surface area contributed by atoms with Crippen molar-refractivity contribution in [3.8, 4) is 10.6 Å². The van der Waals surface area contributed by atoms with Crippen molar-refractivity contribution in [3.05, 3.63) is 125 Å². The minimum Gasteiger partial charge on any atom is -0.478 e. The van der Waals surface area contributed by atoms with Crippen LogP contribution in [0.2, 0.25) is 0 Å². The topological polar surface area (TPSA) is 103 Å². The predicted octanol–water partition coefficient (Wildman–Crippen LogP) is 7.38. The number of hydrogen-bond donors (Lipinski definition) is 2. The van der Waals surface area contributed by atoms with E-state index in [2.05, 4.69) is 6.07 Å². The second kappa shape index (κ2) is 10.6. The molecule has 0 saturated heterocycles. The molecule has 0 spiro atoms. The molecule has 2 heterocycles. The van der Waals surface area contributed by atoms with Gasteiger partial charge < -0.3 is 10.2 Å². The van der Waals surface area contributed by atoms with Crippen molar-refractivity contribution in [2.24, 2.45) is 5.10 Å². The molecule has 6 rings (SSSR count). The molecule has 1 aliphatic rings. The molecule has 1 aliphatic heterocycles. The highest BCUT2D eigenvalue weighted by Crippen LogP contribution is 2.37. The Hall–Kier alpha value is -5.08. The molecule has 0 amide bonds. The Balaban J connectivity index is 1.30. The fraction of sp³-hybridized carbons (Fsp3) is 0.0625. The first-order valence-corrected chi connectivity index (χ1v) is 13.4. The Kier molecular flexibility index (Phi) is 6.67. The van der Waals surface area contributed by atoms with Crippen molar-refractivity contribution in [1.82, 2.24) is 4.98 Å². The average Bonchev–Trinajstić information content (AvgIpc) is 3.61. The second-order valence-corrected chi connectivity index (χ2v) is 10.4. The number of hydrazone groups is 1. The Bertz CT molecular complexity index is 1740. The van der Waals surface area contributed by atoms with Crippen LogP contribution in [0.25, 0.3) is 26.9 Å². The van der Waals surface area contributed by atoms with Crippen molar-refractivity contribution >= 4 is 51.0 Å². The molecule has 196 valence electrons. The number of allylic oxidation sites excluding steroid dienone is 1. The van der Waals surface area contributed by atoms with E-state index in [4.69, 9.17) is 15.2 Å². The summed E-state index contributed by atoms with van der Waals surface area (Å²) in [5.74, 6) is -1.92. The number of nitrogens with zero attached hydrogens (tertiary/aromatic N) is 3. The van der Waals surface area contributed by atoms with Crippen LogP contribution in [0.1, 0.15) is 44.3 Å². The van der Waals surface area contributed by atoms with Crippen molar-refractivity contribution in [3.63, 3.8) is 0 Å². The SMILES string of the molecule is O=C(O)c1ccc(/C=C/C2=NN(c3ccc(-c4nc5ccccc5s4)cc3)C(c3ccc(C(=O)O)cc3)C2)cc1. The van der Waals surface area contributed by atoms with Gasteiger partial charge in [0, 0.05) is 12.0 Å². The molecule has 1 unspecified atom stereocenters. The van der Waals surface area contributed by atoms with E-state index in [1.807, 2.05) is 71.8 Å². The standard InChI is InChI=1S/C32H23N3O4S/c36-31(37)23-8-5-20(6-9-23)7-16-25-19-28(21-10-12-24(13-11-21)32(38)39)35(34-25)26-17-14-22(15-18-26)30-33-27-3-1-2-4-29(27)40-30/h1-18,28H,19H2,(H,36,37)(H,38,39)/b16-7+. The number of thiazole rings is 1. The van der Waals surface area contributed by atoms with E-state index in [0.717, 1.165) is 43.3 Å². The third kappa shape index (κ3) is 5.12. The molecule has 4 aromatic carbocycles. The lowest BCUT2D eigenvalue weighted by atomic mass is 9.99. The molecule has 0 bridgehead atoms. The van der Waals surface area contributed by atoms with Gasteiger partial charge in [-0.05, 0) is 77.9 Å². The van der Waals surface area contributed by atoms with Gasteiger partial charge in [0.15, 0.2) is 0 Å². The molecular weight excluding hydrogens is 522 g/mol. The van der Waals surface area contributed by atoms with Crippen molar-refractivity contribution in [2.75, 3.05) is 5.01 Å². The number of para-hydroxylation sites is 1. The summed E-state index contributed by atoms with van der Waals surface area (Å²) in [6, 6.07) is 29.7. The number of aromatic nitrogens is 1. The molecular formula is C32H23N3O4S. The van der Waals surface area contributed by atoms with Gasteiger partial charge in [-0.25, -0.2) is 14.6 Å². The van der Waals surface area contributed by atoms with Crippen molar-refractivity contribution in [1.29, 1.82) is 0 Å². The zero-order valence-corrected chi connectivity index (χ0v) is 22.0.